The third kappa shape index (κ3) is 3.16. The molecule has 1 aromatic rings. The van der Waals surface area contributed by atoms with Gasteiger partial charge in [-0.25, -0.2) is 0 Å². The van der Waals surface area contributed by atoms with E-state index in [2.05, 4.69) is 44.3 Å². The largest absolute Gasteiger partial charge is 0.340 e. The zero-order valence-corrected chi connectivity index (χ0v) is 12.4. The van der Waals surface area contributed by atoms with Gasteiger partial charge in [0, 0.05) is 25.6 Å². The van der Waals surface area contributed by atoms with Crippen molar-refractivity contribution in [2.24, 2.45) is 5.92 Å². The predicted octanol–water partition coefficient (Wildman–Crippen LogP) is 2.43. The Morgan fingerprint density at radius 1 is 1.42 bits per heavy atom. The maximum atomic E-state index is 11.9. The van der Waals surface area contributed by atoms with Crippen LogP contribution in [0.15, 0.2) is 18.2 Å². The van der Waals surface area contributed by atoms with E-state index in [1.807, 2.05) is 11.9 Å². The Kier molecular flexibility index (Phi) is 4.25. The lowest BCUT2D eigenvalue weighted by molar-refractivity contribution is -0.128. The number of likely N-dealkylation sites (N-methyl/N-ethyl adjacent to an activating group) is 1. The zero-order valence-electron chi connectivity index (χ0n) is 12.4. The number of aryl methyl sites for hydroxylation is 2. The Labute approximate surface area is 116 Å². The number of amides is 1. The number of rotatable bonds is 4. The van der Waals surface area contributed by atoms with Crippen molar-refractivity contribution in [3.63, 3.8) is 0 Å². The van der Waals surface area contributed by atoms with Gasteiger partial charge in [0.2, 0.25) is 5.91 Å². The van der Waals surface area contributed by atoms with Crippen LogP contribution in [0.3, 0.4) is 0 Å². The van der Waals surface area contributed by atoms with Crippen molar-refractivity contribution in [1.29, 1.82) is 0 Å². The van der Waals surface area contributed by atoms with Gasteiger partial charge in [-0.15, -0.1) is 0 Å². The lowest BCUT2D eigenvalue weighted by Crippen LogP contribution is -2.35. The van der Waals surface area contributed by atoms with Crippen LogP contribution in [0.5, 0.6) is 0 Å². The first kappa shape index (κ1) is 14.1. The van der Waals surface area contributed by atoms with Crippen molar-refractivity contribution in [2.45, 2.75) is 33.2 Å². The first-order valence-corrected chi connectivity index (χ1v) is 7.03. The number of carbonyl (C=O) groups excluding carboxylic acids is 1. The van der Waals surface area contributed by atoms with Crippen LogP contribution in [0.1, 0.15) is 36.1 Å². The van der Waals surface area contributed by atoms with Crippen LogP contribution in [0.4, 0.5) is 0 Å². The fraction of sp³-hybridized carbons (Fsp3) is 0.562. The van der Waals surface area contributed by atoms with Gasteiger partial charge in [0.05, 0.1) is 0 Å². The summed E-state index contributed by atoms with van der Waals surface area (Å²) < 4.78 is 0. The molecule has 0 aliphatic carbocycles. The molecule has 1 heterocycles. The van der Waals surface area contributed by atoms with Crippen LogP contribution >= 0.6 is 0 Å². The molecule has 1 fully saturated rings. The highest BCUT2D eigenvalue weighted by Gasteiger charge is 2.28. The van der Waals surface area contributed by atoms with Gasteiger partial charge in [-0.3, -0.25) is 4.79 Å². The predicted molar refractivity (Wildman–Crippen MR) is 78.1 cm³/mol. The molecule has 2 rings (SSSR count). The van der Waals surface area contributed by atoms with E-state index in [0.29, 0.717) is 12.3 Å². The number of nitrogens with zero attached hydrogens (tertiary/aromatic N) is 1. The summed E-state index contributed by atoms with van der Waals surface area (Å²) in [6.07, 6.45) is 0.698. The molecule has 0 radical (unpaired) electrons. The second kappa shape index (κ2) is 5.74. The van der Waals surface area contributed by atoms with E-state index in [1.54, 1.807) is 0 Å². The van der Waals surface area contributed by atoms with Crippen LogP contribution in [-0.4, -0.2) is 30.9 Å². The van der Waals surface area contributed by atoms with E-state index in [-0.39, 0.29) is 11.9 Å². The van der Waals surface area contributed by atoms with Crippen molar-refractivity contribution in [1.82, 2.24) is 10.2 Å². The second-order valence-electron chi connectivity index (χ2n) is 5.81. The summed E-state index contributed by atoms with van der Waals surface area (Å²) in [7, 11) is 1.97. The fourth-order valence-electron chi connectivity index (χ4n) is 2.85. The average Bonchev–Trinajstić information content (AvgIpc) is 2.68. The van der Waals surface area contributed by atoms with Gasteiger partial charge in [0.15, 0.2) is 0 Å². The zero-order chi connectivity index (χ0) is 14.0. The van der Waals surface area contributed by atoms with Gasteiger partial charge in [0.25, 0.3) is 0 Å². The minimum absolute atomic E-state index is 0.217. The number of likely N-dealkylation sites (tertiary alicyclic amines) is 1. The summed E-state index contributed by atoms with van der Waals surface area (Å²) in [5, 5.41) is 3.35. The Bertz CT molecular complexity index is 470. The molecule has 2 atom stereocenters. The molecule has 2 unspecified atom stereocenters. The fourth-order valence-corrected chi connectivity index (χ4v) is 2.85. The monoisotopic (exact) mass is 260 g/mol. The molecule has 1 amide bonds. The quantitative estimate of drug-likeness (QED) is 0.902. The SMILES string of the molecule is CNC(CN1CC(C)CC1=O)c1cc(C)ccc1C. The minimum Gasteiger partial charge on any atom is -0.340 e. The standard InChI is InChI=1S/C16H24N2O/c1-11-5-6-13(3)14(7-11)15(17-4)10-18-9-12(2)8-16(18)19/h5-7,12,15,17H,8-10H2,1-4H3. The van der Waals surface area contributed by atoms with Gasteiger partial charge < -0.3 is 10.2 Å². The molecular weight excluding hydrogens is 236 g/mol. The maximum absolute atomic E-state index is 11.9. The van der Waals surface area contributed by atoms with Gasteiger partial charge in [-0.05, 0) is 37.9 Å². The summed E-state index contributed by atoms with van der Waals surface area (Å²) >= 11 is 0. The summed E-state index contributed by atoms with van der Waals surface area (Å²) in [4.78, 5) is 13.9. The van der Waals surface area contributed by atoms with Crippen molar-refractivity contribution >= 4 is 5.91 Å². The van der Waals surface area contributed by atoms with Gasteiger partial charge in [0.1, 0.15) is 0 Å². The van der Waals surface area contributed by atoms with Crippen molar-refractivity contribution in [2.75, 3.05) is 20.1 Å². The molecule has 1 aliphatic rings. The van der Waals surface area contributed by atoms with Crippen molar-refractivity contribution in [3.05, 3.63) is 34.9 Å². The first-order valence-electron chi connectivity index (χ1n) is 7.03. The molecule has 1 aromatic carbocycles. The average molecular weight is 260 g/mol. The van der Waals surface area contributed by atoms with E-state index in [0.717, 1.165) is 13.1 Å². The molecule has 1 N–H and O–H groups in total. The lowest BCUT2D eigenvalue weighted by Gasteiger charge is -2.25. The van der Waals surface area contributed by atoms with E-state index in [1.165, 1.54) is 16.7 Å². The molecule has 0 bridgehead atoms. The summed E-state index contributed by atoms with van der Waals surface area (Å²) in [6.45, 7) is 8.04. The van der Waals surface area contributed by atoms with Crippen LogP contribution in [0.2, 0.25) is 0 Å². The number of benzene rings is 1. The lowest BCUT2D eigenvalue weighted by atomic mass is 9.98. The van der Waals surface area contributed by atoms with Crippen LogP contribution in [-0.2, 0) is 4.79 Å². The van der Waals surface area contributed by atoms with E-state index in [4.69, 9.17) is 0 Å². The molecule has 104 valence electrons. The third-order valence-electron chi connectivity index (χ3n) is 3.97. The van der Waals surface area contributed by atoms with Crippen LogP contribution < -0.4 is 5.32 Å². The molecule has 1 saturated heterocycles. The van der Waals surface area contributed by atoms with Gasteiger partial charge in [-0.2, -0.15) is 0 Å². The van der Waals surface area contributed by atoms with Gasteiger partial charge in [-0.1, -0.05) is 30.7 Å². The van der Waals surface area contributed by atoms with Gasteiger partial charge >= 0.3 is 0 Å². The smallest absolute Gasteiger partial charge is 0.222 e. The highest BCUT2D eigenvalue weighted by Crippen LogP contribution is 2.24. The highest BCUT2D eigenvalue weighted by atomic mass is 16.2. The number of hydrogen-bond acceptors (Lipinski definition) is 2. The van der Waals surface area contributed by atoms with E-state index >= 15 is 0 Å². The molecule has 1 aliphatic heterocycles. The van der Waals surface area contributed by atoms with Crippen molar-refractivity contribution < 1.29 is 4.79 Å². The van der Waals surface area contributed by atoms with Crippen LogP contribution in [0.25, 0.3) is 0 Å². The second-order valence-corrected chi connectivity index (χ2v) is 5.81. The number of nitrogens with one attached hydrogen (secondary N) is 1. The molecule has 0 saturated carbocycles. The Hall–Kier alpha value is -1.35. The Morgan fingerprint density at radius 3 is 2.74 bits per heavy atom. The molecule has 0 aromatic heterocycles. The molecule has 0 spiro atoms. The Balaban J connectivity index is 2.16. The summed E-state index contributed by atoms with van der Waals surface area (Å²) in [5.74, 6) is 0.779. The van der Waals surface area contributed by atoms with E-state index < -0.39 is 0 Å². The van der Waals surface area contributed by atoms with Crippen molar-refractivity contribution in [3.8, 4) is 0 Å². The molecule has 19 heavy (non-hydrogen) atoms. The number of carbonyl (C=O) groups is 1. The molecule has 3 nitrogen and oxygen atoms in total. The highest BCUT2D eigenvalue weighted by molar-refractivity contribution is 5.78. The molecular formula is C16H24N2O. The normalized spacial score (nSPS) is 20.9. The Morgan fingerprint density at radius 2 is 2.16 bits per heavy atom. The maximum Gasteiger partial charge on any atom is 0.222 e. The first-order chi connectivity index (χ1) is 9.01. The molecule has 3 heteroatoms. The summed E-state index contributed by atoms with van der Waals surface area (Å²) in [5.41, 5.74) is 3.85. The summed E-state index contributed by atoms with van der Waals surface area (Å²) in [6, 6.07) is 6.73. The van der Waals surface area contributed by atoms with E-state index in [9.17, 15) is 4.79 Å². The third-order valence-corrected chi connectivity index (χ3v) is 3.97. The topological polar surface area (TPSA) is 32.3 Å². The van der Waals surface area contributed by atoms with Crippen LogP contribution in [0, 0.1) is 19.8 Å². The minimum atomic E-state index is 0.217. The number of hydrogen-bond donors (Lipinski definition) is 1.